The average molecular weight is 383 g/mol. The van der Waals surface area contributed by atoms with E-state index in [-0.39, 0.29) is 6.54 Å². The molecule has 6 nitrogen and oxygen atoms in total. The molecule has 2 heterocycles. The van der Waals surface area contributed by atoms with E-state index in [0.29, 0.717) is 25.4 Å². The molecule has 4 rings (SSSR count). The maximum atomic E-state index is 12.6. The second-order valence-corrected chi connectivity index (χ2v) is 8.27. The number of rotatable bonds is 6. The molecule has 27 heavy (non-hydrogen) atoms. The molecule has 0 saturated carbocycles. The van der Waals surface area contributed by atoms with Crippen LogP contribution in [-0.4, -0.2) is 30.8 Å². The minimum absolute atomic E-state index is 0.279. The Balaban J connectivity index is 1.34. The smallest absolute Gasteiger partial charge is 0.279 e. The normalized spacial score (nSPS) is 14.8. The number of fused-ring (bicyclic) bond motifs is 1. The molecule has 1 N–H and O–H groups in total. The summed E-state index contributed by atoms with van der Waals surface area (Å²) in [6, 6.07) is 17.6. The Morgan fingerprint density at radius 1 is 1.04 bits per heavy atom. The maximum absolute atomic E-state index is 12.6. The van der Waals surface area contributed by atoms with Crippen molar-refractivity contribution in [1.29, 1.82) is 0 Å². The molecular weight excluding hydrogens is 362 g/mol. The Bertz CT molecular complexity index is 1020. The summed E-state index contributed by atoms with van der Waals surface area (Å²) in [5.41, 5.74) is 3.91. The number of hydrogen-bond acceptors (Lipinski definition) is 4. The van der Waals surface area contributed by atoms with Crippen LogP contribution in [0.1, 0.15) is 16.8 Å². The molecule has 0 aliphatic carbocycles. The fraction of sp³-hybridized carbons (Fsp3) is 0.250. The predicted octanol–water partition coefficient (Wildman–Crippen LogP) is 2.78. The van der Waals surface area contributed by atoms with Crippen molar-refractivity contribution >= 4 is 10.2 Å². The van der Waals surface area contributed by atoms with Gasteiger partial charge >= 0.3 is 0 Å². The molecule has 0 spiro atoms. The molecular formula is C20H21N3O3S. The minimum Gasteiger partial charge on any atom is -0.444 e. The van der Waals surface area contributed by atoms with E-state index in [1.54, 1.807) is 6.26 Å². The molecule has 3 aromatic rings. The summed E-state index contributed by atoms with van der Waals surface area (Å²) in [5.74, 6) is 0.543. The highest BCUT2D eigenvalue weighted by atomic mass is 32.2. The van der Waals surface area contributed by atoms with Crippen LogP contribution in [0.4, 0.5) is 0 Å². The molecule has 1 aliphatic heterocycles. The van der Waals surface area contributed by atoms with Crippen molar-refractivity contribution < 1.29 is 12.8 Å². The van der Waals surface area contributed by atoms with E-state index in [1.807, 2.05) is 48.5 Å². The molecule has 0 bridgehead atoms. The third-order valence-corrected chi connectivity index (χ3v) is 6.23. The van der Waals surface area contributed by atoms with E-state index >= 15 is 0 Å². The molecule has 1 aliphatic rings. The van der Waals surface area contributed by atoms with Gasteiger partial charge in [0.1, 0.15) is 6.26 Å². The van der Waals surface area contributed by atoms with E-state index in [2.05, 4.69) is 15.8 Å². The minimum atomic E-state index is -3.52. The van der Waals surface area contributed by atoms with Gasteiger partial charge in [0.15, 0.2) is 0 Å². The van der Waals surface area contributed by atoms with E-state index in [4.69, 9.17) is 4.42 Å². The summed E-state index contributed by atoms with van der Waals surface area (Å²) in [4.78, 5) is 4.43. The van der Waals surface area contributed by atoms with Crippen LogP contribution in [0.15, 0.2) is 65.3 Å². The number of aromatic nitrogens is 1. The zero-order valence-electron chi connectivity index (χ0n) is 14.8. The van der Waals surface area contributed by atoms with Gasteiger partial charge in [-0.05, 0) is 29.7 Å². The van der Waals surface area contributed by atoms with Crippen LogP contribution in [0, 0.1) is 0 Å². The number of oxazole rings is 1. The van der Waals surface area contributed by atoms with Gasteiger partial charge in [-0.3, -0.25) is 0 Å². The van der Waals surface area contributed by atoms with Gasteiger partial charge in [0, 0.05) is 31.6 Å². The molecule has 0 unspecified atom stereocenters. The van der Waals surface area contributed by atoms with E-state index in [0.717, 1.165) is 23.2 Å². The van der Waals surface area contributed by atoms with Crippen LogP contribution in [0.3, 0.4) is 0 Å². The van der Waals surface area contributed by atoms with Gasteiger partial charge < -0.3 is 4.42 Å². The molecule has 0 atom stereocenters. The predicted molar refractivity (Wildman–Crippen MR) is 103 cm³/mol. The average Bonchev–Trinajstić information content (AvgIpc) is 3.17. The van der Waals surface area contributed by atoms with Crippen molar-refractivity contribution in [3.05, 3.63) is 77.7 Å². The van der Waals surface area contributed by atoms with Gasteiger partial charge in [-0.15, -0.1) is 0 Å². The summed E-state index contributed by atoms with van der Waals surface area (Å²) in [7, 11) is -3.52. The van der Waals surface area contributed by atoms with Crippen LogP contribution in [0.5, 0.6) is 0 Å². The molecule has 0 amide bonds. The Hall–Kier alpha value is -2.48. The number of benzene rings is 2. The quantitative estimate of drug-likeness (QED) is 0.710. The first kappa shape index (κ1) is 17.9. The van der Waals surface area contributed by atoms with Crippen molar-refractivity contribution in [2.75, 3.05) is 13.1 Å². The van der Waals surface area contributed by atoms with Crippen LogP contribution < -0.4 is 4.72 Å². The molecule has 1 aromatic heterocycles. The Kier molecular flexibility index (Phi) is 5.07. The summed E-state index contributed by atoms with van der Waals surface area (Å²) >= 11 is 0. The van der Waals surface area contributed by atoms with Crippen LogP contribution in [-0.2, 0) is 29.6 Å². The van der Waals surface area contributed by atoms with Gasteiger partial charge in [0.25, 0.3) is 10.2 Å². The molecule has 0 saturated heterocycles. The van der Waals surface area contributed by atoms with Crippen molar-refractivity contribution in [3.8, 4) is 11.5 Å². The zero-order chi connectivity index (χ0) is 18.7. The van der Waals surface area contributed by atoms with E-state index in [1.165, 1.54) is 9.87 Å². The van der Waals surface area contributed by atoms with Gasteiger partial charge in [0.2, 0.25) is 5.89 Å². The Morgan fingerprint density at radius 3 is 2.59 bits per heavy atom. The summed E-state index contributed by atoms with van der Waals surface area (Å²) in [5, 5.41) is 0. The van der Waals surface area contributed by atoms with Crippen LogP contribution >= 0.6 is 0 Å². The van der Waals surface area contributed by atoms with Gasteiger partial charge in [0.05, 0.1) is 5.69 Å². The Morgan fingerprint density at radius 2 is 1.78 bits per heavy atom. The lowest BCUT2D eigenvalue weighted by atomic mass is 10.0. The highest BCUT2D eigenvalue weighted by Gasteiger charge is 2.26. The van der Waals surface area contributed by atoms with Crippen LogP contribution in [0.2, 0.25) is 0 Å². The first-order chi connectivity index (χ1) is 13.1. The lowest BCUT2D eigenvalue weighted by Gasteiger charge is -2.28. The lowest BCUT2D eigenvalue weighted by molar-refractivity contribution is 0.384. The second kappa shape index (κ2) is 7.64. The van der Waals surface area contributed by atoms with Crippen molar-refractivity contribution in [1.82, 2.24) is 14.0 Å². The maximum Gasteiger partial charge on any atom is 0.279 e. The van der Waals surface area contributed by atoms with Gasteiger partial charge in [-0.25, -0.2) is 9.71 Å². The Labute approximate surface area is 159 Å². The topological polar surface area (TPSA) is 75.4 Å². The summed E-state index contributed by atoms with van der Waals surface area (Å²) < 4.78 is 34.8. The highest BCUT2D eigenvalue weighted by Crippen LogP contribution is 2.20. The molecule has 140 valence electrons. The van der Waals surface area contributed by atoms with Crippen molar-refractivity contribution in [2.45, 2.75) is 19.4 Å². The summed E-state index contributed by atoms with van der Waals surface area (Å²) in [6.07, 6.45) is 2.79. The standard InChI is InChI=1S/C20H21N3O3S/c24-27(25,23-13-11-16-6-4-5-9-18(16)14-23)21-12-10-19-15-26-20(22-19)17-7-2-1-3-8-17/h1-9,15,21H,10-14H2. The first-order valence-electron chi connectivity index (χ1n) is 8.93. The monoisotopic (exact) mass is 383 g/mol. The van der Waals surface area contributed by atoms with Gasteiger partial charge in [-0.1, -0.05) is 42.5 Å². The molecule has 0 fully saturated rings. The third kappa shape index (κ3) is 4.10. The first-order valence-corrected chi connectivity index (χ1v) is 10.4. The SMILES string of the molecule is O=S(=O)(NCCc1coc(-c2ccccc2)n1)N1CCc2ccccc2C1. The van der Waals surface area contributed by atoms with Gasteiger partial charge in [-0.2, -0.15) is 12.7 Å². The van der Waals surface area contributed by atoms with E-state index in [9.17, 15) is 8.42 Å². The fourth-order valence-electron chi connectivity index (χ4n) is 3.21. The van der Waals surface area contributed by atoms with Crippen molar-refractivity contribution in [2.24, 2.45) is 0 Å². The molecule has 0 radical (unpaired) electrons. The fourth-order valence-corrected chi connectivity index (χ4v) is 4.39. The lowest BCUT2D eigenvalue weighted by Crippen LogP contribution is -2.43. The molecule has 2 aromatic carbocycles. The largest absolute Gasteiger partial charge is 0.444 e. The van der Waals surface area contributed by atoms with Crippen LogP contribution in [0.25, 0.3) is 11.5 Å². The van der Waals surface area contributed by atoms with E-state index < -0.39 is 10.2 Å². The summed E-state index contributed by atoms with van der Waals surface area (Å²) in [6.45, 7) is 1.18. The number of nitrogens with one attached hydrogen (secondary N) is 1. The van der Waals surface area contributed by atoms with Crippen molar-refractivity contribution in [3.63, 3.8) is 0 Å². The molecule has 7 heteroatoms. The zero-order valence-corrected chi connectivity index (χ0v) is 15.7. The highest BCUT2D eigenvalue weighted by molar-refractivity contribution is 7.87. The third-order valence-electron chi connectivity index (χ3n) is 4.67. The second-order valence-electron chi connectivity index (χ2n) is 6.51. The number of hydrogen-bond donors (Lipinski definition) is 1. The number of nitrogens with zero attached hydrogens (tertiary/aromatic N) is 2.